The summed E-state index contributed by atoms with van der Waals surface area (Å²) in [5, 5.41) is 11.4. The van der Waals surface area contributed by atoms with Crippen LogP contribution < -0.4 is 10.2 Å². The summed E-state index contributed by atoms with van der Waals surface area (Å²) < 4.78 is 5.01. The summed E-state index contributed by atoms with van der Waals surface area (Å²) in [5.41, 5.74) is 1.98. The minimum absolute atomic E-state index is 0.147. The second-order valence-electron chi connectivity index (χ2n) is 4.72. The molecule has 0 saturated heterocycles. The highest BCUT2D eigenvalue weighted by Crippen LogP contribution is 2.14. The third-order valence-electron chi connectivity index (χ3n) is 3.25. The van der Waals surface area contributed by atoms with Gasteiger partial charge in [-0.05, 0) is 24.1 Å². The van der Waals surface area contributed by atoms with Crippen LogP contribution in [-0.4, -0.2) is 43.9 Å². The Bertz CT molecular complexity index is 473. The summed E-state index contributed by atoms with van der Waals surface area (Å²) in [7, 11) is 3.09. The van der Waals surface area contributed by atoms with Gasteiger partial charge in [-0.2, -0.15) is 0 Å². The zero-order valence-corrected chi connectivity index (χ0v) is 12.6. The number of hydrogen-bond donors (Lipinski definition) is 2. The fourth-order valence-corrected chi connectivity index (χ4v) is 1.83. The maximum Gasteiger partial charge on any atom is 0.321 e. The van der Waals surface area contributed by atoms with E-state index in [0.717, 1.165) is 12.1 Å². The Morgan fingerprint density at radius 3 is 2.43 bits per heavy atom. The highest BCUT2D eigenvalue weighted by atomic mass is 16.5. The minimum atomic E-state index is -0.959. The van der Waals surface area contributed by atoms with Gasteiger partial charge < -0.3 is 15.2 Å². The number of amides is 2. The maximum atomic E-state index is 12.0. The summed E-state index contributed by atoms with van der Waals surface area (Å²) in [6, 6.07) is 7.40. The van der Waals surface area contributed by atoms with Gasteiger partial charge >= 0.3 is 12.0 Å². The molecule has 0 bridgehead atoms. The van der Waals surface area contributed by atoms with Crippen molar-refractivity contribution in [2.45, 2.75) is 25.9 Å². The highest BCUT2D eigenvalue weighted by molar-refractivity contribution is 5.91. The van der Waals surface area contributed by atoms with E-state index in [4.69, 9.17) is 9.84 Å². The van der Waals surface area contributed by atoms with Crippen molar-refractivity contribution in [1.82, 2.24) is 5.32 Å². The van der Waals surface area contributed by atoms with Gasteiger partial charge in [0.2, 0.25) is 0 Å². The Hall–Kier alpha value is -2.08. The third-order valence-corrected chi connectivity index (χ3v) is 3.25. The first kappa shape index (κ1) is 17.0. The zero-order valence-electron chi connectivity index (χ0n) is 12.6. The number of aryl methyl sites for hydroxylation is 1. The van der Waals surface area contributed by atoms with Crippen LogP contribution in [0.25, 0.3) is 0 Å². The standard InChI is InChI=1S/C15H22N2O4/c1-4-11-5-7-12(8-6-11)17(2)15(20)16-10-13(21-3)9-14(18)19/h5-8,13H,4,9-10H2,1-3H3,(H,16,20)(H,18,19). The summed E-state index contributed by atoms with van der Waals surface area (Å²) in [6.07, 6.45) is 0.259. The highest BCUT2D eigenvalue weighted by Gasteiger charge is 2.16. The number of methoxy groups -OCH3 is 1. The molecule has 0 fully saturated rings. The molecule has 1 atom stereocenters. The number of carboxylic acids is 1. The number of carbonyl (C=O) groups excluding carboxylic acids is 1. The molecule has 0 aromatic heterocycles. The quantitative estimate of drug-likeness (QED) is 0.805. The Morgan fingerprint density at radius 1 is 1.33 bits per heavy atom. The van der Waals surface area contributed by atoms with Gasteiger partial charge in [0.25, 0.3) is 0 Å². The monoisotopic (exact) mass is 294 g/mol. The molecular weight excluding hydrogens is 272 g/mol. The number of nitrogens with zero attached hydrogens (tertiary/aromatic N) is 1. The first-order chi connectivity index (χ1) is 9.97. The molecule has 21 heavy (non-hydrogen) atoms. The minimum Gasteiger partial charge on any atom is -0.481 e. The van der Waals surface area contributed by atoms with Gasteiger partial charge in [-0.25, -0.2) is 4.79 Å². The van der Waals surface area contributed by atoms with Crippen LogP contribution in [0.4, 0.5) is 10.5 Å². The van der Waals surface area contributed by atoms with Gasteiger partial charge in [-0.15, -0.1) is 0 Å². The average molecular weight is 294 g/mol. The lowest BCUT2D eigenvalue weighted by molar-refractivity contribution is -0.139. The van der Waals surface area contributed by atoms with Crippen molar-refractivity contribution < 1.29 is 19.4 Å². The predicted octanol–water partition coefficient (Wildman–Crippen LogP) is 1.88. The zero-order chi connectivity index (χ0) is 15.8. The summed E-state index contributed by atoms with van der Waals surface area (Å²) >= 11 is 0. The van der Waals surface area contributed by atoms with Gasteiger partial charge in [-0.1, -0.05) is 19.1 Å². The molecule has 0 saturated carbocycles. The molecule has 0 radical (unpaired) electrons. The number of carboxylic acid groups (broad SMARTS) is 1. The van der Waals surface area contributed by atoms with Crippen LogP contribution in [0.5, 0.6) is 0 Å². The first-order valence-electron chi connectivity index (χ1n) is 6.83. The average Bonchev–Trinajstić information content (AvgIpc) is 2.50. The van der Waals surface area contributed by atoms with Crippen molar-refractivity contribution in [3.05, 3.63) is 29.8 Å². The van der Waals surface area contributed by atoms with Gasteiger partial charge in [0.15, 0.2) is 0 Å². The second kappa shape index (κ2) is 8.26. The number of benzene rings is 1. The van der Waals surface area contributed by atoms with E-state index in [9.17, 15) is 9.59 Å². The van der Waals surface area contributed by atoms with Crippen molar-refractivity contribution in [3.8, 4) is 0 Å². The molecule has 1 rings (SSSR count). The number of rotatable bonds is 7. The number of anilines is 1. The van der Waals surface area contributed by atoms with E-state index < -0.39 is 12.1 Å². The fraction of sp³-hybridized carbons (Fsp3) is 0.467. The van der Waals surface area contributed by atoms with Crippen LogP contribution in [-0.2, 0) is 16.0 Å². The molecule has 0 aliphatic heterocycles. The predicted molar refractivity (Wildman–Crippen MR) is 80.7 cm³/mol. The van der Waals surface area contributed by atoms with Gasteiger partial charge in [-0.3, -0.25) is 9.69 Å². The fourth-order valence-electron chi connectivity index (χ4n) is 1.83. The van der Waals surface area contributed by atoms with Crippen LogP contribution in [0.2, 0.25) is 0 Å². The van der Waals surface area contributed by atoms with E-state index in [2.05, 4.69) is 12.2 Å². The topological polar surface area (TPSA) is 78.9 Å². The Kier molecular flexibility index (Phi) is 6.68. The van der Waals surface area contributed by atoms with Crippen molar-refractivity contribution in [2.75, 3.05) is 25.6 Å². The molecule has 1 unspecified atom stereocenters. The molecule has 2 N–H and O–H groups in total. The van der Waals surface area contributed by atoms with Crippen molar-refractivity contribution >= 4 is 17.7 Å². The molecule has 6 nitrogen and oxygen atoms in total. The molecule has 0 heterocycles. The molecule has 0 aliphatic rings. The number of nitrogens with one attached hydrogen (secondary N) is 1. The number of carbonyl (C=O) groups is 2. The molecule has 0 aliphatic carbocycles. The van der Waals surface area contributed by atoms with E-state index in [1.807, 2.05) is 24.3 Å². The lowest BCUT2D eigenvalue weighted by atomic mass is 10.1. The summed E-state index contributed by atoms with van der Waals surface area (Å²) in [4.78, 5) is 24.1. The van der Waals surface area contributed by atoms with E-state index in [1.54, 1.807) is 7.05 Å². The molecule has 1 aromatic rings. The van der Waals surface area contributed by atoms with Crippen LogP contribution >= 0.6 is 0 Å². The third kappa shape index (κ3) is 5.43. The molecule has 6 heteroatoms. The second-order valence-corrected chi connectivity index (χ2v) is 4.72. The maximum absolute atomic E-state index is 12.0. The van der Waals surface area contributed by atoms with Crippen LogP contribution in [0.1, 0.15) is 18.9 Å². The van der Waals surface area contributed by atoms with Gasteiger partial charge in [0.1, 0.15) is 0 Å². The van der Waals surface area contributed by atoms with E-state index in [0.29, 0.717) is 0 Å². The molecule has 0 spiro atoms. The number of ether oxygens (including phenoxy) is 1. The van der Waals surface area contributed by atoms with Crippen LogP contribution in [0.3, 0.4) is 0 Å². The van der Waals surface area contributed by atoms with Gasteiger partial charge in [0.05, 0.1) is 12.5 Å². The molecule has 116 valence electrons. The van der Waals surface area contributed by atoms with Crippen molar-refractivity contribution in [1.29, 1.82) is 0 Å². The van der Waals surface area contributed by atoms with Crippen molar-refractivity contribution in [3.63, 3.8) is 0 Å². The van der Waals surface area contributed by atoms with E-state index in [1.165, 1.54) is 17.6 Å². The molecule has 1 aromatic carbocycles. The smallest absolute Gasteiger partial charge is 0.321 e. The Balaban J connectivity index is 2.55. The normalized spacial score (nSPS) is 11.8. The van der Waals surface area contributed by atoms with Crippen LogP contribution in [0.15, 0.2) is 24.3 Å². The number of aliphatic carboxylic acids is 1. The molecule has 2 amide bonds. The Morgan fingerprint density at radius 2 is 1.95 bits per heavy atom. The lowest BCUT2D eigenvalue weighted by Crippen LogP contribution is -2.42. The van der Waals surface area contributed by atoms with Crippen molar-refractivity contribution in [2.24, 2.45) is 0 Å². The van der Waals surface area contributed by atoms with E-state index in [-0.39, 0.29) is 19.0 Å². The number of hydrogen-bond acceptors (Lipinski definition) is 3. The molecular formula is C15H22N2O4. The lowest BCUT2D eigenvalue weighted by Gasteiger charge is -2.20. The number of urea groups is 1. The largest absolute Gasteiger partial charge is 0.481 e. The summed E-state index contributed by atoms with van der Waals surface area (Å²) in [5.74, 6) is -0.959. The SMILES string of the molecule is CCc1ccc(N(C)C(=O)NCC(CC(=O)O)OC)cc1. The van der Waals surface area contributed by atoms with E-state index >= 15 is 0 Å². The first-order valence-corrected chi connectivity index (χ1v) is 6.83. The van der Waals surface area contributed by atoms with Gasteiger partial charge in [0, 0.05) is 26.4 Å². The Labute approximate surface area is 124 Å². The van der Waals surface area contributed by atoms with Crippen LogP contribution in [0, 0.1) is 0 Å². The summed E-state index contributed by atoms with van der Waals surface area (Å²) in [6.45, 7) is 2.22.